The largest absolute Gasteiger partial charge is 0.495 e. The van der Waals surface area contributed by atoms with Gasteiger partial charge in [0.1, 0.15) is 11.6 Å². The number of methoxy groups -OCH3 is 1. The molecule has 0 radical (unpaired) electrons. The zero-order valence-electron chi connectivity index (χ0n) is 14.3. The predicted molar refractivity (Wildman–Crippen MR) is 93.7 cm³/mol. The lowest BCUT2D eigenvalue weighted by Crippen LogP contribution is -2.21. The molecule has 28 heavy (non-hydrogen) atoms. The van der Waals surface area contributed by atoms with Gasteiger partial charge < -0.3 is 20.5 Å². The minimum Gasteiger partial charge on any atom is -0.495 e. The van der Waals surface area contributed by atoms with Crippen molar-refractivity contribution in [2.75, 3.05) is 17.7 Å². The molecule has 2 aromatic carbocycles. The lowest BCUT2D eigenvalue weighted by atomic mass is 10.1. The number of anilines is 2. The van der Waals surface area contributed by atoms with E-state index in [4.69, 9.17) is 9.84 Å². The first-order valence-corrected chi connectivity index (χ1v) is 7.64. The molecule has 0 atom stereocenters. The summed E-state index contributed by atoms with van der Waals surface area (Å²) in [5.74, 6) is -2.19. The number of benzene rings is 2. The second kappa shape index (κ2) is 8.42. The van der Waals surface area contributed by atoms with Crippen LogP contribution in [-0.2, 0) is 11.0 Å². The van der Waals surface area contributed by atoms with E-state index in [0.717, 1.165) is 30.4 Å². The number of aliphatic carboxylic acids is 1. The third kappa shape index (κ3) is 5.22. The van der Waals surface area contributed by atoms with Gasteiger partial charge in [0, 0.05) is 11.6 Å². The molecule has 0 bridgehead atoms. The quantitative estimate of drug-likeness (QED) is 0.508. The highest BCUT2D eigenvalue weighted by atomic mass is 19.4. The molecular weight excluding hydrogens is 384 g/mol. The highest BCUT2D eigenvalue weighted by Crippen LogP contribution is 2.35. The van der Waals surface area contributed by atoms with Crippen molar-refractivity contribution in [2.24, 2.45) is 0 Å². The monoisotopic (exact) mass is 398 g/mol. The van der Waals surface area contributed by atoms with Gasteiger partial charge in [-0.25, -0.2) is 14.0 Å². The van der Waals surface area contributed by atoms with Crippen molar-refractivity contribution >= 4 is 29.5 Å². The fourth-order valence-electron chi connectivity index (χ4n) is 2.22. The fourth-order valence-corrected chi connectivity index (χ4v) is 2.22. The van der Waals surface area contributed by atoms with Crippen molar-refractivity contribution in [3.05, 3.63) is 59.4 Å². The van der Waals surface area contributed by atoms with Crippen LogP contribution >= 0.6 is 0 Å². The number of rotatable bonds is 5. The molecule has 10 heteroatoms. The van der Waals surface area contributed by atoms with Crippen molar-refractivity contribution in [3.63, 3.8) is 0 Å². The topological polar surface area (TPSA) is 87.7 Å². The average Bonchev–Trinajstić information content (AvgIpc) is 2.61. The van der Waals surface area contributed by atoms with Crippen molar-refractivity contribution in [1.82, 2.24) is 0 Å². The van der Waals surface area contributed by atoms with E-state index in [1.807, 2.05) is 0 Å². The van der Waals surface area contributed by atoms with Gasteiger partial charge in [0.15, 0.2) is 0 Å². The Morgan fingerprint density at radius 1 is 1.14 bits per heavy atom. The van der Waals surface area contributed by atoms with Crippen LogP contribution in [0.2, 0.25) is 0 Å². The molecule has 0 aliphatic carbocycles. The van der Waals surface area contributed by atoms with Crippen LogP contribution in [0.3, 0.4) is 0 Å². The summed E-state index contributed by atoms with van der Waals surface area (Å²) in [5, 5.41) is 13.0. The molecule has 148 valence electrons. The van der Waals surface area contributed by atoms with Crippen molar-refractivity contribution < 1.29 is 37.0 Å². The van der Waals surface area contributed by atoms with E-state index in [0.29, 0.717) is 6.07 Å². The van der Waals surface area contributed by atoms with Gasteiger partial charge in [-0.3, -0.25) is 0 Å². The van der Waals surface area contributed by atoms with E-state index in [-0.39, 0.29) is 22.7 Å². The van der Waals surface area contributed by atoms with Crippen LogP contribution in [0, 0.1) is 5.82 Å². The summed E-state index contributed by atoms with van der Waals surface area (Å²) >= 11 is 0. The number of ether oxygens (including phenoxy) is 1. The third-order valence-electron chi connectivity index (χ3n) is 3.46. The standard InChI is InChI=1S/C18H14F4N2O4/c1-28-14-7-6-11(18(20,21)22)9-13(14)23-17(27)24-16-10(5-8-15(25)26)3-2-4-12(16)19/h2-9H,1H3,(H,25,26)(H2,23,24,27)/b8-5+. The first kappa shape index (κ1) is 20.7. The SMILES string of the molecule is COc1ccc(C(F)(F)F)cc1NC(=O)Nc1c(F)cccc1/C=C/C(=O)O. The van der Waals surface area contributed by atoms with Gasteiger partial charge >= 0.3 is 18.2 Å². The molecule has 0 aromatic heterocycles. The number of hydrogen-bond donors (Lipinski definition) is 3. The Morgan fingerprint density at radius 3 is 2.46 bits per heavy atom. The van der Waals surface area contributed by atoms with Gasteiger partial charge in [-0.2, -0.15) is 13.2 Å². The van der Waals surface area contributed by atoms with E-state index >= 15 is 0 Å². The number of carbonyl (C=O) groups excluding carboxylic acids is 1. The highest BCUT2D eigenvalue weighted by molar-refractivity contribution is 6.02. The summed E-state index contributed by atoms with van der Waals surface area (Å²) < 4.78 is 57.6. The molecule has 0 spiro atoms. The molecule has 0 fully saturated rings. The molecule has 0 saturated heterocycles. The summed E-state index contributed by atoms with van der Waals surface area (Å²) in [6, 6.07) is 5.12. The molecule has 3 N–H and O–H groups in total. The maximum absolute atomic E-state index is 14.0. The van der Waals surface area contributed by atoms with Crippen molar-refractivity contribution in [2.45, 2.75) is 6.18 Å². The van der Waals surface area contributed by atoms with Crippen molar-refractivity contribution in [1.29, 1.82) is 0 Å². The molecular formula is C18H14F4N2O4. The Bertz CT molecular complexity index is 926. The number of hydrogen-bond acceptors (Lipinski definition) is 3. The molecule has 2 rings (SSSR count). The lowest BCUT2D eigenvalue weighted by Gasteiger charge is -2.15. The fraction of sp³-hybridized carbons (Fsp3) is 0.111. The van der Waals surface area contributed by atoms with Crippen LogP contribution in [0.15, 0.2) is 42.5 Å². The first-order chi connectivity index (χ1) is 13.1. The van der Waals surface area contributed by atoms with Crippen LogP contribution in [-0.4, -0.2) is 24.2 Å². The Labute approximate surface area is 156 Å². The molecule has 0 saturated carbocycles. The number of carboxylic acid groups (broad SMARTS) is 1. The lowest BCUT2D eigenvalue weighted by molar-refractivity contribution is -0.137. The first-order valence-electron chi connectivity index (χ1n) is 7.64. The van der Waals surface area contributed by atoms with E-state index in [9.17, 15) is 27.2 Å². The van der Waals surface area contributed by atoms with Crippen LogP contribution < -0.4 is 15.4 Å². The van der Waals surface area contributed by atoms with Gasteiger partial charge in [0.05, 0.1) is 24.0 Å². The second-order valence-electron chi connectivity index (χ2n) is 5.37. The normalized spacial score (nSPS) is 11.3. The van der Waals surface area contributed by atoms with Gasteiger partial charge in [-0.05, 0) is 30.3 Å². The van der Waals surface area contributed by atoms with Gasteiger partial charge in [-0.1, -0.05) is 12.1 Å². The summed E-state index contributed by atoms with van der Waals surface area (Å²) in [5.41, 5.74) is -1.59. The Morgan fingerprint density at radius 2 is 1.86 bits per heavy atom. The zero-order chi connectivity index (χ0) is 20.9. The molecule has 2 aromatic rings. The summed E-state index contributed by atoms with van der Waals surface area (Å²) in [6.45, 7) is 0. The van der Waals surface area contributed by atoms with E-state index < -0.39 is 29.6 Å². The summed E-state index contributed by atoms with van der Waals surface area (Å²) in [7, 11) is 1.21. The Hall–Kier alpha value is -3.56. The number of carboxylic acids is 1. The van der Waals surface area contributed by atoms with E-state index in [2.05, 4.69) is 10.6 Å². The molecule has 0 heterocycles. The van der Waals surface area contributed by atoms with Gasteiger partial charge in [0.25, 0.3) is 0 Å². The molecule has 6 nitrogen and oxygen atoms in total. The van der Waals surface area contributed by atoms with Crippen LogP contribution in [0.4, 0.5) is 33.7 Å². The number of alkyl halides is 3. The van der Waals surface area contributed by atoms with Gasteiger partial charge in [0.2, 0.25) is 0 Å². The minimum atomic E-state index is -4.64. The minimum absolute atomic E-state index is 0.0392. The number of carbonyl (C=O) groups is 2. The number of urea groups is 1. The van der Waals surface area contributed by atoms with Crippen molar-refractivity contribution in [3.8, 4) is 5.75 Å². The second-order valence-corrected chi connectivity index (χ2v) is 5.37. The van der Waals surface area contributed by atoms with Crippen LogP contribution in [0.5, 0.6) is 5.75 Å². The number of para-hydroxylation sites is 1. The average molecular weight is 398 g/mol. The summed E-state index contributed by atoms with van der Waals surface area (Å²) in [4.78, 5) is 22.8. The molecule has 0 unspecified atom stereocenters. The Balaban J connectivity index is 2.29. The number of halogens is 4. The van der Waals surface area contributed by atoms with E-state index in [1.165, 1.54) is 19.2 Å². The van der Waals surface area contributed by atoms with Crippen LogP contribution in [0.25, 0.3) is 6.08 Å². The van der Waals surface area contributed by atoms with Gasteiger partial charge in [-0.15, -0.1) is 0 Å². The molecule has 2 amide bonds. The summed E-state index contributed by atoms with van der Waals surface area (Å²) in [6.07, 6.45) is -2.83. The zero-order valence-corrected chi connectivity index (χ0v) is 14.3. The Kier molecular flexibility index (Phi) is 6.24. The van der Waals surface area contributed by atoms with E-state index in [1.54, 1.807) is 0 Å². The maximum Gasteiger partial charge on any atom is 0.416 e. The van der Waals surface area contributed by atoms with Crippen LogP contribution in [0.1, 0.15) is 11.1 Å². The molecule has 0 aliphatic rings. The maximum atomic E-state index is 14.0. The highest BCUT2D eigenvalue weighted by Gasteiger charge is 2.31. The number of amides is 2. The smallest absolute Gasteiger partial charge is 0.416 e. The third-order valence-corrected chi connectivity index (χ3v) is 3.46. The number of nitrogens with one attached hydrogen (secondary N) is 2. The predicted octanol–water partition coefficient (Wildman–Crippen LogP) is 4.59. The molecule has 0 aliphatic heterocycles.